The van der Waals surface area contributed by atoms with Crippen LogP contribution in [0, 0.1) is 0 Å². The molecule has 5 heteroatoms. The average Bonchev–Trinajstić information content (AvgIpc) is 2.36. The lowest BCUT2D eigenvalue weighted by Gasteiger charge is -2.12. The number of benzene rings is 1. The molecule has 0 radical (unpaired) electrons. The van der Waals surface area contributed by atoms with Gasteiger partial charge < -0.3 is 14.6 Å². The van der Waals surface area contributed by atoms with Gasteiger partial charge in [0.2, 0.25) is 0 Å². The van der Waals surface area contributed by atoms with E-state index in [1.165, 1.54) is 14.2 Å². The van der Waals surface area contributed by atoms with Crippen LogP contribution < -0.4 is 9.47 Å². The van der Waals surface area contributed by atoms with Crippen molar-refractivity contribution < 1.29 is 24.2 Å². The molecule has 0 aliphatic heterocycles. The van der Waals surface area contributed by atoms with Crippen molar-refractivity contribution in [3.8, 4) is 11.5 Å². The third-order valence-electron chi connectivity index (χ3n) is 2.55. The number of carboxylic acid groups (broad SMARTS) is 1. The van der Waals surface area contributed by atoms with Crippen molar-refractivity contribution in [1.82, 2.24) is 0 Å². The molecule has 1 rings (SSSR count). The largest absolute Gasteiger partial charge is 0.493 e. The van der Waals surface area contributed by atoms with E-state index in [9.17, 15) is 9.59 Å². The van der Waals surface area contributed by atoms with Crippen molar-refractivity contribution in [2.24, 2.45) is 0 Å². The van der Waals surface area contributed by atoms with Crippen LogP contribution in [0.1, 0.15) is 28.8 Å². The highest BCUT2D eigenvalue weighted by Crippen LogP contribution is 2.32. The summed E-state index contributed by atoms with van der Waals surface area (Å²) in [6.45, 7) is 0. The van der Waals surface area contributed by atoms with Crippen LogP contribution in [-0.2, 0) is 11.2 Å². The van der Waals surface area contributed by atoms with Gasteiger partial charge >= 0.3 is 5.97 Å². The Morgan fingerprint density at radius 3 is 2.56 bits per heavy atom. The van der Waals surface area contributed by atoms with Crippen LogP contribution in [-0.4, -0.2) is 31.6 Å². The molecule has 0 saturated heterocycles. The predicted molar refractivity (Wildman–Crippen MR) is 65.5 cm³/mol. The van der Waals surface area contributed by atoms with Crippen LogP contribution in [0.4, 0.5) is 0 Å². The molecule has 0 heterocycles. The van der Waals surface area contributed by atoms with Gasteiger partial charge in [0.15, 0.2) is 17.8 Å². The minimum atomic E-state index is -0.828. The predicted octanol–water partition coefficient (Wildman–Crippen LogP) is 1.92. The number of carbonyl (C=O) groups excluding carboxylic acids is 1. The van der Waals surface area contributed by atoms with Crippen molar-refractivity contribution in [3.05, 3.63) is 23.3 Å². The minimum absolute atomic E-state index is 0.102. The van der Waals surface area contributed by atoms with E-state index in [0.29, 0.717) is 36.2 Å². The number of rotatable bonds is 7. The van der Waals surface area contributed by atoms with Crippen LogP contribution >= 0.6 is 0 Å². The number of aliphatic carboxylic acids is 1. The smallest absolute Gasteiger partial charge is 0.303 e. The van der Waals surface area contributed by atoms with Gasteiger partial charge in [-0.2, -0.15) is 0 Å². The van der Waals surface area contributed by atoms with E-state index < -0.39 is 5.97 Å². The summed E-state index contributed by atoms with van der Waals surface area (Å²) >= 11 is 0. The van der Waals surface area contributed by atoms with Crippen LogP contribution in [0.2, 0.25) is 0 Å². The lowest BCUT2D eigenvalue weighted by atomic mass is 10.0. The first-order chi connectivity index (χ1) is 8.62. The Hall–Kier alpha value is -2.04. The minimum Gasteiger partial charge on any atom is -0.493 e. The normalized spacial score (nSPS) is 9.89. The van der Waals surface area contributed by atoms with E-state index in [0.717, 1.165) is 5.56 Å². The molecule has 1 aromatic carbocycles. The first-order valence-corrected chi connectivity index (χ1v) is 5.54. The van der Waals surface area contributed by atoms with Gasteiger partial charge in [-0.05, 0) is 30.5 Å². The van der Waals surface area contributed by atoms with Crippen molar-refractivity contribution in [2.45, 2.75) is 19.3 Å². The third-order valence-corrected chi connectivity index (χ3v) is 2.55. The molecule has 0 aliphatic rings. The van der Waals surface area contributed by atoms with E-state index in [-0.39, 0.29) is 6.42 Å². The van der Waals surface area contributed by atoms with E-state index in [1.807, 2.05) is 0 Å². The van der Waals surface area contributed by atoms with Gasteiger partial charge in [-0.15, -0.1) is 0 Å². The van der Waals surface area contributed by atoms with Gasteiger partial charge in [0.1, 0.15) is 0 Å². The molecule has 0 amide bonds. The highest BCUT2D eigenvalue weighted by atomic mass is 16.5. The molecular weight excluding hydrogens is 236 g/mol. The molecular formula is C13H16O5. The fourth-order valence-corrected chi connectivity index (χ4v) is 1.73. The van der Waals surface area contributed by atoms with Gasteiger partial charge in [-0.1, -0.05) is 0 Å². The molecule has 5 nitrogen and oxygen atoms in total. The Bertz CT molecular complexity index is 439. The van der Waals surface area contributed by atoms with Crippen molar-refractivity contribution in [3.63, 3.8) is 0 Å². The van der Waals surface area contributed by atoms with Crippen LogP contribution in [0.5, 0.6) is 11.5 Å². The zero-order valence-electron chi connectivity index (χ0n) is 10.4. The fourth-order valence-electron chi connectivity index (χ4n) is 1.73. The average molecular weight is 252 g/mol. The summed E-state index contributed by atoms with van der Waals surface area (Å²) in [5.74, 6) is 0.0491. The van der Waals surface area contributed by atoms with Crippen LogP contribution in [0.15, 0.2) is 12.1 Å². The maximum Gasteiger partial charge on any atom is 0.303 e. The SMILES string of the molecule is COc1cc(CCCC(=O)O)cc(C=O)c1OC. The Balaban J connectivity index is 2.93. The first-order valence-electron chi connectivity index (χ1n) is 5.54. The first kappa shape index (κ1) is 14.0. The number of methoxy groups -OCH3 is 2. The molecule has 0 unspecified atom stereocenters. The lowest BCUT2D eigenvalue weighted by molar-refractivity contribution is -0.137. The zero-order chi connectivity index (χ0) is 13.5. The number of hydrogen-bond acceptors (Lipinski definition) is 4. The number of carbonyl (C=O) groups is 2. The summed E-state index contributed by atoms with van der Waals surface area (Å²) < 4.78 is 10.3. The maximum atomic E-state index is 11.0. The number of aryl methyl sites for hydroxylation is 1. The van der Waals surface area contributed by atoms with E-state index in [1.54, 1.807) is 12.1 Å². The fraction of sp³-hybridized carbons (Fsp3) is 0.385. The molecule has 98 valence electrons. The maximum absolute atomic E-state index is 11.0. The van der Waals surface area contributed by atoms with Crippen molar-refractivity contribution >= 4 is 12.3 Å². The van der Waals surface area contributed by atoms with Crippen molar-refractivity contribution in [2.75, 3.05) is 14.2 Å². The van der Waals surface area contributed by atoms with E-state index in [4.69, 9.17) is 14.6 Å². The second kappa shape index (κ2) is 6.64. The molecule has 0 aliphatic carbocycles. The Morgan fingerprint density at radius 2 is 2.06 bits per heavy atom. The number of ether oxygens (including phenoxy) is 2. The van der Waals surface area contributed by atoms with E-state index >= 15 is 0 Å². The summed E-state index contributed by atoms with van der Waals surface area (Å²) in [6.07, 6.45) is 1.89. The second-order valence-corrected chi connectivity index (χ2v) is 3.79. The van der Waals surface area contributed by atoms with Crippen LogP contribution in [0.3, 0.4) is 0 Å². The Kier molecular flexibility index (Phi) is 5.17. The number of carboxylic acids is 1. The van der Waals surface area contributed by atoms with Gasteiger partial charge in [0, 0.05) is 6.42 Å². The molecule has 0 fully saturated rings. The Morgan fingerprint density at radius 1 is 1.33 bits per heavy atom. The molecule has 1 N–H and O–H groups in total. The highest BCUT2D eigenvalue weighted by Gasteiger charge is 2.12. The summed E-state index contributed by atoms with van der Waals surface area (Å²) in [7, 11) is 2.96. The molecule has 1 aromatic rings. The second-order valence-electron chi connectivity index (χ2n) is 3.79. The molecule has 0 saturated carbocycles. The number of hydrogen-bond donors (Lipinski definition) is 1. The monoisotopic (exact) mass is 252 g/mol. The van der Waals surface area contributed by atoms with Gasteiger partial charge in [0.05, 0.1) is 19.8 Å². The molecule has 0 aromatic heterocycles. The molecule has 0 atom stereocenters. The standard InChI is InChI=1S/C13H16O5/c1-17-11-7-9(4-3-5-12(15)16)6-10(8-14)13(11)18-2/h6-8H,3-5H2,1-2H3,(H,15,16). The number of aldehydes is 1. The quantitative estimate of drug-likeness (QED) is 0.750. The van der Waals surface area contributed by atoms with Gasteiger partial charge in [-0.25, -0.2) is 0 Å². The topological polar surface area (TPSA) is 72.8 Å². The molecule has 0 bridgehead atoms. The summed E-state index contributed by atoms with van der Waals surface area (Å²) in [5, 5.41) is 8.57. The Labute approximate surface area is 105 Å². The zero-order valence-corrected chi connectivity index (χ0v) is 10.4. The molecule has 0 spiro atoms. The van der Waals surface area contributed by atoms with E-state index in [2.05, 4.69) is 0 Å². The third kappa shape index (κ3) is 3.48. The van der Waals surface area contributed by atoms with Gasteiger partial charge in [-0.3, -0.25) is 9.59 Å². The van der Waals surface area contributed by atoms with Crippen molar-refractivity contribution in [1.29, 1.82) is 0 Å². The lowest BCUT2D eigenvalue weighted by Crippen LogP contribution is -2.00. The summed E-state index contributed by atoms with van der Waals surface area (Å²) in [6, 6.07) is 3.45. The van der Waals surface area contributed by atoms with Gasteiger partial charge in [0.25, 0.3) is 0 Å². The molecule has 18 heavy (non-hydrogen) atoms. The summed E-state index contributed by atoms with van der Waals surface area (Å²) in [4.78, 5) is 21.4. The summed E-state index contributed by atoms with van der Waals surface area (Å²) in [5.41, 5.74) is 1.26. The highest BCUT2D eigenvalue weighted by molar-refractivity contribution is 5.81. The van der Waals surface area contributed by atoms with Crippen LogP contribution in [0.25, 0.3) is 0 Å².